The number of rotatable bonds is 5. The average molecular weight is 425 g/mol. The summed E-state index contributed by atoms with van der Waals surface area (Å²) < 4.78 is 19.4. The molecule has 0 aromatic heterocycles. The lowest BCUT2D eigenvalue weighted by Gasteiger charge is -2.29. The number of piperidine rings is 1. The van der Waals surface area contributed by atoms with Crippen molar-refractivity contribution < 1.29 is 28.3 Å². The van der Waals surface area contributed by atoms with Crippen LogP contribution in [0.15, 0.2) is 42.5 Å². The molecule has 0 aliphatic carbocycles. The summed E-state index contributed by atoms with van der Waals surface area (Å²) in [7, 11) is 0. The van der Waals surface area contributed by atoms with Gasteiger partial charge >= 0.3 is 0 Å². The van der Waals surface area contributed by atoms with Gasteiger partial charge in [0, 0.05) is 18.5 Å². The summed E-state index contributed by atoms with van der Waals surface area (Å²) in [5.41, 5.74) is 1.16. The average Bonchev–Trinajstić information content (AvgIpc) is 3.05. The third-order valence-corrected chi connectivity index (χ3v) is 5.31. The van der Waals surface area contributed by atoms with Crippen LogP contribution in [0.1, 0.15) is 35.7 Å². The van der Waals surface area contributed by atoms with Crippen molar-refractivity contribution in [1.29, 1.82) is 0 Å². The molecule has 2 aromatic carbocycles. The number of hydrogen-bond acceptors (Lipinski definition) is 5. The Morgan fingerprint density at radius 2 is 2.00 bits per heavy atom. The number of nitrogens with one attached hydrogen (secondary N) is 2. The van der Waals surface area contributed by atoms with E-state index in [9.17, 15) is 23.6 Å². The standard InChI is InChI=1S/C22H20FN3O5/c1-12(20(28)24-17-5-3-2-4-16(17)23)31-14-6-7-15-13(10-14)11-26(22(15)30)18-8-9-19(27)25-21(18)29/h2-7,10,12,18H,8-9,11H2,1H3,(H,24,28)(H,25,27,29). The molecule has 2 unspecified atom stereocenters. The van der Waals surface area contributed by atoms with Crippen LogP contribution in [0.4, 0.5) is 10.1 Å². The van der Waals surface area contributed by atoms with Crippen LogP contribution in [-0.4, -0.2) is 40.7 Å². The van der Waals surface area contributed by atoms with Crippen LogP contribution in [0, 0.1) is 5.82 Å². The molecule has 0 radical (unpaired) electrons. The van der Waals surface area contributed by atoms with Gasteiger partial charge in [0.25, 0.3) is 11.8 Å². The summed E-state index contributed by atoms with van der Waals surface area (Å²) in [6.07, 6.45) is -0.457. The van der Waals surface area contributed by atoms with Crippen LogP contribution in [0.5, 0.6) is 5.75 Å². The van der Waals surface area contributed by atoms with Gasteiger partial charge in [-0.2, -0.15) is 0 Å². The number of ether oxygens (including phenoxy) is 1. The quantitative estimate of drug-likeness (QED) is 0.713. The SMILES string of the molecule is CC(Oc1ccc2c(c1)CN(C1CCC(=O)NC1=O)C2=O)C(=O)Nc1ccccc1F. The maximum atomic E-state index is 13.7. The van der Waals surface area contributed by atoms with E-state index in [2.05, 4.69) is 10.6 Å². The highest BCUT2D eigenvalue weighted by Crippen LogP contribution is 2.30. The monoisotopic (exact) mass is 425 g/mol. The molecule has 2 atom stereocenters. The Hall–Kier alpha value is -3.75. The summed E-state index contributed by atoms with van der Waals surface area (Å²) in [5.74, 6) is -1.82. The lowest BCUT2D eigenvalue weighted by Crippen LogP contribution is -2.52. The second-order valence-electron chi connectivity index (χ2n) is 7.45. The number of imide groups is 1. The zero-order valence-corrected chi connectivity index (χ0v) is 16.7. The molecular formula is C22H20FN3O5. The summed E-state index contributed by atoms with van der Waals surface area (Å²) in [6, 6.07) is 9.92. The van der Waals surface area contributed by atoms with Crippen LogP contribution in [-0.2, 0) is 20.9 Å². The predicted molar refractivity (Wildman–Crippen MR) is 108 cm³/mol. The zero-order valence-electron chi connectivity index (χ0n) is 16.7. The molecule has 0 bridgehead atoms. The van der Waals surface area contributed by atoms with Crippen molar-refractivity contribution >= 4 is 29.3 Å². The van der Waals surface area contributed by atoms with Crippen molar-refractivity contribution in [2.45, 2.75) is 38.5 Å². The van der Waals surface area contributed by atoms with Gasteiger partial charge in [0.1, 0.15) is 17.6 Å². The van der Waals surface area contributed by atoms with Crippen molar-refractivity contribution in [3.63, 3.8) is 0 Å². The molecule has 4 rings (SSSR count). The van der Waals surface area contributed by atoms with E-state index in [1.165, 1.54) is 30.0 Å². The second kappa shape index (κ2) is 8.17. The van der Waals surface area contributed by atoms with Gasteiger partial charge in [0.2, 0.25) is 11.8 Å². The van der Waals surface area contributed by atoms with Gasteiger partial charge < -0.3 is 15.0 Å². The number of anilines is 1. The minimum Gasteiger partial charge on any atom is -0.481 e. The number of hydrogen-bond donors (Lipinski definition) is 2. The Morgan fingerprint density at radius 1 is 1.23 bits per heavy atom. The summed E-state index contributed by atoms with van der Waals surface area (Å²) >= 11 is 0. The highest BCUT2D eigenvalue weighted by atomic mass is 19.1. The minimum atomic E-state index is -0.916. The largest absolute Gasteiger partial charge is 0.481 e. The lowest BCUT2D eigenvalue weighted by atomic mass is 10.0. The smallest absolute Gasteiger partial charge is 0.265 e. The first-order valence-electron chi connectivity index (χ1n) is 9.83. The Kier molecular flexibility index (Phi) is 5.41. The maximum absolute atomic E-state index is 13.7. The molecule has 4 amide bonds. The van der Waals surface area contributed by atoms with Crippen LogP contribution < -0.4 is 15.4 Å². The van der Waals surface area contributed by atoms with Crippen LogP contribution in [0.2, 0.25) is 0 Å². The zero-order chi connectivity index (χ0) is 22.1. The number of benzene rings is 2. The summed E-state index contributed by atoms with van der Waals surface area (Å²) in [6.45, 7) is 1.73. The predicted octanol–water partition coefficient (Wildman–Crippen LogP) is 1.99. The van der Waals surface area contributed by atoms with E-state index in [1.807, 2.05) is 0 Å². The van der Waals surface area contributed by atoms with Gasteiger partial charge in [-0.3, -0.25) is 24.5 Å². The normalized spacial score (nSPS) is 19.0. The molecule has 2 aliphatic rings. The summed E-state index contributed by atoms with van der Waals surface area (Å²) in [4.78, 5) is 50.0. The Morgan fingerprint density at radius 3 is 2.74 bits per heavy atom. The molecule has 2 aromatic rings. The number of nitrogens with zero attached hydrogens (tertiary/aromatic N) is 1. The fourth-order valence-corrected chi connectivity index (χ4v) is 3.68. The molecule has 2 N–H and O–H groups in total. The topological polar surface area (TPSA) is 105 Å². The van der Waals surface area contributed by atoms with Crippen molar-refractivity contribution in [2.75, 3.05) is 5.32 Å². The number of fused-ring (bicyclic) bond motifs is 1. The molecule has 0 saturated carbocycles. The number of amides is 4. The Labute approximate surface area is 177 Å². The van der Waals surface area contributed by atoms with Crippen LogP contribution >= 0.6 is 0 Å². The number of halogens is 1. The first-order chi connectivity index (χ1) is 14.8. The third kappa shape index (κ3) is 4.11. The molecule has 1 saturated heterocycles. The van der Waals surface area contributed by atoms with Crippen molar-refractivity contribution in [1.82, 2.24) is 10.2 Å². The lowest BCUT2D eigenvalue weighted by molar-refractivity contribution is -0.137. The molecule has 160 valence electrons. The third-order valence-electron chi connectivity index (χ3n) is 5.31. The van der Waals surface area contributed by atoms with Gasteiger partial charge in [-0.25, -0.2) is 4.39 Å². The fraction of sp³-hybridized carbons (Fsp3) is 0.273. The van der Waals surface area contributed by atoms with Crippen LogP contribution in [0.3, 0.4) is 0 Å². The molecule has 1 fully saturated rings. The molecule has 2 aliphatic heterocycles. The first-order valence-corrected chi connectivity index (χ1v) is 9.83. The van der Waals surface area contributed by atoms with Gasteiger partial charge in [-0.15, -0.1) is 0 Å². The second-order valence-corrected chi connectivity index (χ2v) is 7.45. The highest BCUT2D eigenvalue weighted by Gasteiger charge is 2.39. The van der Waals surface area contributed by atoms with Crippen molar-refractivity contribution in [3.8, 4) is 5.75 Å². The van der Waals surface area contributed by atoms with E-state index in [-0.39, 0.29) is 36.9 Å². The van der Waals surface area contributed by atoms with Gasteiger partial charge in [0.15, 0.2) is 6.10 Å². The van der Waals surface area contributed by atoms with Crippen LogP contribution in [0.25, 0.3) is 0 Å². The molecular weight excluding hydrogens is 405 g/mol. The highest BCUT2D eigenvalue weighted by molar-refractivity contribution is 6.05. The molecule has 2 heterocycles. The Bertz CT molecular complexity index is 1090. The fourth-order valence-electron chi connectivity index (χ4n) is 3.68. The number of para-hydroxylation sites is 1. The van der Waals surface area contributed by atoms with E-state index < -0.39 is 29.8 Å². The van der Waals surface area contributed by atoms with E-state index in [0.717, 1.165) is 0 Å². The van der Waals surface area contributed by atoms with E-state index in [4.69, 9.17) is 4.74 Å². The molecule has 31 heavy (non-hydrogen) atoms. The molecule has 8 nitrogen and oxygen atoms in total. The van der Waals surface area contributed by atoms with E-state index in [0.29, 0.717) is 16.9 Å². The van der Waals surface area contributed by atoms with Crippen molar-refractivity contribution in [2.24, 2.45) is 0 Å². The van der Waals surface area contributed by atoms with Crippen molar-refractivity contribution in [3.05, 3.63) is 59.4 Å². The Balaban J connectivity index is 1.43. The van der Waals surface area contributed by atoms with E-state index in [1.54, 1.807) is 24.3 Å². The molecule has 9 heteroatoms. The minimum absolute atomic E-state index is 0.0578. The number of carbonyl (C=O) groups excluding carboxylic acids is 4. The van der Waals surface area contributed by atoms with Gasteiger partial charge in [0.05, 0.1) is 5.69 Å². The first kappa shape index (κ1) is 20.5. The molecule has 0 spiro atoms. The number of carbonyl (C=O) groups is 4. The maximum Gasteiger partial charge on any atom is 0.265 e. The van der Waals surface area contributed by atoms with Gasteiger partial charge in [-0.05, 0) is 49.2 Å². The van der Waals surface area contributed by atoms with E-state index >= 15 is 0 Å². The summed E-state index contributed by atoms with van der Waals surface area (Å²) in [5, 5.41) is 4.73. The van der Waals surface area contributed by atoms with Gasteiger partial charge in [-0.1, -0.05) is 12.1 Å².